The maximum absolute atomic E-state index is 12.2. The van der Waals surface area contributed by atoms with Crippen molar-refractivity contribution in [3.63, 3.8) is 0 Å². The number of nitrogens with zero attached hydrogens (tertiary/aromatic N) is 2. The Morgan fingerprint density at radius 1 is 1.19 bits per heavy atom. The Morgan fingerprint density at radius 2 is 1.96 bits per heavy atom. The molecule has 1 aliphatic heterocycles. The summed E-state index contributed by atoms with van der Waals surface area (Å²) in [5.41, 5.74) is 0.449. The Kier molecular flexibility index (Phi) is 5.90. The molecule has 0 unspecified atom stereocenters. The Hall–Kier alpha value is -1.97. The Labute approximate surface area is 157 Å². The molecular formula is C17H22N4O3S2. The van der Waals surface area contributed by atoms with Crippen molar-refractivity contribution in [3.8, 4) is 0 Å². The summed E-state index contributed by atoms with van der Waals surface area (Å²) in [6, 6.07) is 10.7. The molecule has 0 amide bonds. The molecule has 0 radical (unpaired) electrons. The van der Waals surface area contributed by atoms with Gasteiger partial charge < -0.3 is 14.6 Å². The van der Waals surface area contributed by atoms with Crippen LogP contribution in [0.4, 0.5) is 5.69 Å². The molecule has 140 valence electrons. The fourth-order valence-electron chi connectivity index (χ4n) is 2.49. The first-order valence-corrected chi connectivity index (χ1v) is 10.8. The van der Waals surface area contributed by atoms with Crippen molar-refractivity contribution in [2.75, 3.05) is 26.4 Å². The van der Waals surface area contributed by atoms with E-state index in [4.69, 9.17) is 4.42 Å². The van der Waals surface area contributed by atoms with Crippen LogP contribution in [0.15, 0.2) is 50.7 Å². The quantitative estimate of drug-likeness (QED) is 0.700. The summed E-state index contributed by atoms with van der Waals surface area (Å²) in [4.78, 5) is 6.57. The second kappa shape index (κ2) is 8.15. The summed E-state index contributed by atoms with van der Waals surface area (Å²) in [6.45, 7) is 1.38. The van der Waals surface area contributed by atoms with Crippen LogP contribution in [0.1, 0.15) is 11.5 Å². The predicted octanol–water partition coefficient (Wildman–Crippen LogP) is 2.14. The highest BCUT2D eigenvalue weighted by molar-refractivity contribution is 7.98. The average molecular weight is 395 g/mol. The lowest BCUT2D eigenvalue weighted by Crippen LogP contribution is -2.43. The molecule has 1 aliphatic rings. The highest BCUT2D eigenvalue weighted by atomic mass is 32.2. The molecule has 2 heterocycles. The highest BCUT2D eigenvalue weighted by Crippen LogP contribution is 2.26. The van der Waals surface area contributed by atoms with Crippen LogP contribution in [-0.4, -0.2) is 45.7 Å². The summed E-state index contributed by atoms with van der Waals surface area (Å²) in [6.07, 6.45) is 0. The molecule has 1 aromatic carbocycles. The molecule has 3 rings (SSSR count). The van der Waals surface area contributed by atoms with Crippen molar-refractivity contribution < 1.29 is 12.8 Å². The molecule has 2 N–H and O–H groups in total. The minimum Gasteiger partial charge on any atom is -0.464 e. The number of furan rings is 1. The van der Waals surface area contributed by atoms with Gasteiger partial charge in [0, 0.05) is 12.3 Å². The predicted molar refractivity (Wildman–Crippen MR) is 104 cm³/mol. The monoisotopic (exact) mass is 394 g/mol. The zero-order valence-corrected chi connectivity index (χ0v) is 16.4. The first-order chi connectivity index (χ1) is 12.4. The van der Waals surface area contributed by atoms with Crippen LogP contribution in [0.3, 0.4) is 0 Å². The number of hydrogen-bond donors (Lipinski definition) is 2. The molecule has 0 saturated carbocycles. The van der Waals surface area contributed by atoms with Crippen LogP contribution in [0.5, 0.6) is 0 Å². The standard InChI is InChI=1S/C17H22N4O3S2/c1-21(2)11-13-7-8-14(24-13)12-25-10-9-18-17-19-15-5-3-4-6-16(15)26(22,23)20-17/h3-8H,9-12H2,1-2H3,(H2,18,19,20). The van der Waals surface area contributed by atoms with E-state index in [9.17, 15) is 8.42 Å². The van der Waals surface area contributed by atoms with Gasteiger partial charge in [0.15, 0.2) is 0 Å². The van der Waals surface area contributed by atoms with Crippen LogP contribution < -0.4 is 10.0 Å². The number of guanidine groups is 1. The number of nitrogens with one attached hydrogen (secondary N) is 2. The maximum Gasteiger partial charge on any atom is 0.266 e. The fraction of sp³-hybridized carbons (Fsp3) is 0.353. The van der Waals surface area contributed by atoms with Gasteiger partial charge in [-0.3, -0.25) is 0 Å². The second-order valence-corrected chi connectivity index (χ2v) is 8.87. The average Bonchev–Trinajstić information content (AvgIpc) is 3.00. The van der Waals surface area contributed by atoms with Gasteiger partial charge in [-0.15, -0.1) is 0 Å². The second-order valence-electron chi connectivity index (χ2n) is 6.12. The molecule has 0 spiro atoms. The SMILES string of the molecule is CN(C)Cc1ccc(CSCCNC2=Nc3ccccc3S(=O)(=O)N2)o1. The van der Waals surface area contributed by atoms with Crippen LogP contribution in [-0.2, 0) is 22.3 Å². The van der Waals surface area contributed by atoms with Gasteiger partial charge >= 0.3 is 0 Å². The number of hydrogen-bond acceptors (Lipinski definition) is 7. The van der Waals surface area contributed by atoms with Gasteiger partial charge in [0.25, 0.3) is 10.0 Å². The number of benzene rings is 1. The van der Waals surface area contributed by atoms with Gasteiger partial charge in [-0.05, 0) is 38.4 Å². The Balaban J connectivity index is 1.46. The molecule has 26 heavy (non-hydrogen) atoms. The van der Waals surface area contributed by atoms with E-state index in [-0.39, 0.29) is 10.9 Å². The normalized spacial score (nSPS) is 15.3. The van der Waals surface area contributed by atoms with E-state index >= 15 is 0 Å². The molecule has 0 fully saturated rings. The summed E-state index contributed by atoms with van der Waals surface area (Å²) >= 11 is 1.71. The molecule has 7 nitrogen and oxygen atoms in total. The van der Waals surface area contributed by atoms with E-state index in [1.807, 2.05) is 26.2 Å². The van der Waals surface area contributed by atoms with Crippen molar-refractivity contribution >= 4 is 33.4 Å². The van der Waals surface area contributed by atoms with E-state index < -0.39 is 10.0 Å². The maximum atomic E-state index is 12.2. The van der Waals surface area contributed by atoms with Crippen LogP contribution >= 0.6 is 11.8 Å². The summed E-state index contributed by atoms with van der Waals surface area (Å²) in [7, 11) is 0.453. The first-order valence-electron chi connectivity index (χ1n) is 8.18. The third-order valence-corrected chi connectivity index (χ3v) is 5.96. The summed E-state index contributed by atoms with van der Waals surface area (Å²) in [5.74, 6) is 3.72. The zero-order chi connectivity index (χ0) is 18.6. The van der Waals surface area contributed by atoms with Crippen LogP contribution in [0, 0.1) is 0 Å². The summed E-state index contributed by atoms with van der Waals surface area (Å²) in [5, 5.41) is 3.04. The van der Waals surface area contributed by atoms with E-state index in [2.05, 4.69) is 19.9 Å². The van der Waals surface area contributed by atoms with E-state index in [1.54, 1.807) is 36.0 Å². The number of fused-ring (bicyclic) bond motifs is 1. The van der Waals surface area contributed by atoms with Crippen LogP contribution in [0.25, 0.3) is 0 Å². The van der Waals surface area contributed by atoms with Gasteiger partial charge in [0.2, 0.25) is 5.96 Å². The molecule has 0 atom stereocenters. The smallest absolute Gasteiger partial charge is 0.266 e. The number of rotatable bonds is 7. The highest BCUT2D eigenvalue weighted by Gasteiger charge is 2.24. The van der Waals surface area contributed by atoms with Crippen molar-refractivity contribution in [2.24, 2.45) is 4.99 Å². The van der Waals surface area contributed by atoms with Gasteiger partial charge in [0.05, 0.1) is 18.0 Å². The first kappa shape index (κ1) is 18.8. The van der Waals surface area contributed by atoms with Crippen LogP contribution in [0.2, 0.25) is 0 Å². The molecule has 1 aromatic heterocycles. The lowest BCUT2D eigenvalue weighted by molar-refractivity contribution is 0.344. The van der Waals surface area contributed by atoms with E-state index in [1.165, 1.54) is 0 Å². The zero-order valence-electron chi connectivity index (χ0n) is 14.7. The minimum absolute atomic E-state index is 0.200. The molecule has 0 saturated heterocycles. The number of thioether (sulfide) groups is 1. The summed E-state index contributed by atoms with van der Waals surface area (Å²) < 4.78 is 32.6. The lowest BCUT2D eigenvalue weighted by atomic mass is 10.3. The van der Waals surface area contributed by atoms with Gasteiger partial charge in [-0.1, -0.05) is 12.1 Å². The van der Waals surface area contributed by atoms with Crippen molar-refractivity contribution in [1.29, 1.82) is 0 Å². The third-order valence-electron chi connectivity index (χ3n) is 3.59. The number of para-hydroxylation sites is 1. The fourth-order valence-corrected chi connectivity index (χ4v) is 4.36. The lowest BCUT2D eigenvalue weighted by Gasteiger charge is -2.18. The topological polar surface area (TPSA) is 86.9 Å². The molecule has 2 aromatic rings. The number of sulfonamides is 1. The minimum atomic E-state index is -3.55. The molecule has 0 aliphatic carbocycles. The Morgan fingerprint density at radius 3 is 2.77 bits per heavy atom. The van der Waals surface area contributed by atoms with Crippen molar-refractivity contribution in [3.05, 3.63) is 47.9 Å². The van der Waals surface area contributed by atoms with Gasteiger partial charge in [-0.25, -0.2) is 18.1 Å². The van der Waals surface area contributed by atoms with Gasteiger partial charge in [-0.2, -0.15) is 11.8 Å². The van der Waals surface area contributed by atoms with E-state index in [0.29, 0.717) is 12.2 Å². The van der Waals surface area contributed by atoms with E-state index in [0.717, 1.165) is 29.6 Å². The van der Waals surface area contributed by atoms with Crippen molar-refractivity contribution in [1.82, 2.24) is 14.9 Å². The molecule has 9 heteroatoms. The molecule has 0 bridgehead atoms. The van der Waals surface area contributed by atoms with Gasteiger partial charge in [0.1, 0.15) is 16.4 Å². The Bertz CT molecular complexity index is 891. The van der Waals surface area contributed by atoms with Crippen molar-refractivity contribution in [2.45, 2.75) is 17.2 Å². The molecular weight excluding hydrogens is 372 g/mol. The third kappa shape index (κ3) is 4.80. The largest absolute Gasteiger partial charge is 0.464 e. The number of aliphatic imine (C=N–C) groups is 1.